The van der Waals surface area contributed by atoms with E-state index in [0.29, 0.717) is 24.3 Å². The lowest BCUT2D eigenvalue weighted by Crippen LogP contribution is -2.09. The number of hydrogen-bond acceptors (Lipinski definition) is 5. The van der Waals surface area contributed by atoms with Gasteiger partial charge in [-0.1, -0.05) is 0 Å². The summed E-state index contributed by atoms with van der Waals surface area (Å²) in [5, 5.41) is 0. The van der Waals surface area contributed by atoms with Crippen LogP contribution in [0.25, 0.3) is 0 Å². The summed E-state index contributed by atoms with van der Waals surface area (Å²) >= 11 is 0. The molecule has 0 saturated heterocycles. The van der Waals surface area contributed by atoms with Gasteiger partial charge in [0.05, 0.1) is 12.8 Å². The minimum Gasteiger partial charge on any atom is -0.481 e. The highest BCUT2D eigenvalue weighted by molar-refractivity contribution is 5.39. The van der Waals surface area contributed by atoms with Gasteiger partial charge in [-0.15, -0.1) is 0 Å². The molecular formula is C11H18N4O. The molecule has 5 heteroatoms. The number of anilines is 1. The van der Waals surface area contributed by atoms with Crippen LogP contribution in [0.3, 0.4) is 0 Å². The van der Waals surface area contributed by atoms with Crippen LogP contribution in [-0.2, 0) is 6.42 Å². The van der Waals surface area contributed by atoms with E-state index in [1.807, 2.05) is 0 Å². The predicted molar refractivity (Wildman–Crippen MR) is 62.3 cm³/mol. The van der Waals surface area contributed by atoms with Crippen molar-refractivity contribution in [3.63, 3.8) is 0 Å². The third kappa shape index (κ3) is 2.24. The Morgan fingerprint density at radius 2 is 2.12 bits per heavy atom. The summed E-state index contributed by atoms with van der Waals surface area (Å²) in [4.78, 5) is 8.46. The molecule has 1 aromatic heterocycles. The van der Waals surface area contributed by atoms with Gasteiger partial charge in [-0.2, -0.15) is 4.98 Å². The number of methoxy groups -OCH3 is 1. The molecule has 1 aromatic rings. The van der Waals surface area contributed by atoms with Crippen molar-refractivity contribution in [3.05, 3.63) is 11.3 Å². The van der Waals surface area contributed by atoms with Crippen molar-refractivity contribution in [2.24, 2.45) is 5.73 Å². The normalized spacial score (nSPS) is 15.1. The third-order valence-electron chi connectivity index (χ3n) is 2.81. The van der Waals surface area contributed by atoms with Crippen LogP contribution < -0.4 is 16.2 Å². The maximum atomic E-state index is 5.67. The maximum absolute atomic E-state index is 5.67. The fraction of sp³-hybridized carbons (Fsp3) is 0.636. The second-order valence-corrected chi connectivity index (χ2v) is 4.12. The lowest BCUT2D eigenvalue weighted by atomic mass is 10.1. The molecule has 2 rings (SSSR count). The number of rotatable bonds is 5. The van der Waals surface area contributed by atoms with E-state index in [1.165, 1.54) is 12.8 Å². The van der Waals surface area contributed by atoms with Crippen molar-refractivity contribution in [1.29, 1.82) is 0 Å². The first-order chi connectivity index (χ1) is 7.76. The molecule has 88 valence electrons. The Bertz CT molecular complexity index is 376. The van der Waals surface area contributed by atoms with Crippen LogP contribution in [0.2, 0.25) is 0 Å². The van der Waals surface area contributed by atoms with Gasteiger partial charge in [0.1, 0.15) is 0 Å². The van der Waals surface area contributed by atoms with Crippen LogP contribution in [0.15, 0.2) is 0 Å². The van der Waals surface area contributed by atoms with Gasteiger partial charge in [-0.05, 0) is 32.2 Å². The molecule has 0 amide bonds. The van der Waals surface area contributed by atoms with Crippen molar-refractivity contribution in [1.82, 2.24) is 9.97 Å². The van der Waals surface area contributed by atoms with Crippen LogP contribution in [0.1, 0.15) is 36.4 Å². The number of nitrogens with zero attached hydrogens (tertiary/aromatic N) is 2. The molecule has 5 nitrogen and oxygen atoms in total. The smallest absolute Gasteiger partial charge is 0.223 e. The Balaban J connectivity index is 2.34. The van der Waals surface area contributed by atoms with E-state index < -0.39 is 0 Å². The molecule has 1 aliphatic rings. The van der Waals surface area contributed by atoms with Gasteiger partial charge >= 0.3 is 0 Å². The summed E-state index contributed by atoms with van der Waals surface area (Å²) < 4.78 is 5.27. The second kappa shape index (κ2) is 4.65. The number of aromatic nitrogens is 2. The SMILES string of the molecule is COc1nc(N)nc(C2CC2)c1CCCN. The molecule has 0 unspecified atom stereocenters. The van der Waals surface area contributed by atoms with E-state index in [1.54, 1.807) is 7.11 Å². The van der Waals surface area contributed by atoms with Gasteiger partial charge in [0.25, 0.3) is 0 Å². The lowest BCUT2D eigenvalue weighted by Gasteiger charge is -2.12. The molecule has 1 heterocycles. The van der Waals surface area contributed by atoms with Crippen LogP contribution in [0.4, 0.5) is 5.95 Å². The number of ether oxygens (including phenoxy) is 1. The fourth-order valence-corrected chi connectivity index (χ4v) is 1.87. The highest BCUT2D eigenvalue weighted by atomic mass is 16.5. The summed E-state index contributed by atoms with van der Waals surface area (Å²) in [6, 6.07) is 0. The Morgan fingerprint density at radius 1 is 1.38 bits per heavy atom. The minimum absolute atomic E-state index is 0.301. The first kappa shape index (κ1) is 11.1. The fourth-order valence-electron chi connectivity index (χ4n) is 1.87. The molecule has 1 saturated carbocycles. The van der Waals surface area contributed by atoms with Crippen molar-refractivity contribution < 1.29 is 4.74 Å². The van der Waals surface area contributed by atoms with Crippen LogP contribution in [-0.4, -0.2) is 23.6 Å². The standard InChI is InChI=1S/C11H18N4O/c1-16-10-8(3-2-6-12)9(7-4-5-7)14-11(13)15-10/h7H,2-6,12H2,1H3,(H2,13,14,15). The highest BCUT2D eigenvalue weighted by Gasteiger charge is 2.29. The van der Waals surface area contributed by atoms with E-state index in [9.17, 15) is 0 Å². The zero-order valence-corrected chi connectivity index (χ0v) is 9.57. The van der Waals surface area contributed by atoms with Crippen molar-refractivity contribution in [2.75, 3.05) is 19.4 Å². The highest BCUT2D eigenvalue weighted by Crippen LogP contribution is 2.42. The third-order valence-corrected chi connectivity index (χ3v) is 2.81. The first-order valence-electron chi connectivity index (χ1n) is 5.66. The lowest BCUT2D eigenvalue weighted by molar-refractivity contribution is 0.390. The molecule has 0 bridgehead atoms. The van der Waals surface area contributed by atoms with Gasteiger partial charge < -0.3 is 16.2 Å². The molecule has 0 atom stereocenters. The van der Waals surface area contributed by atoms with Gasteiger partial charge in [0.15, 0.2) is 0 Å². The summed E-state index contributed by atoms with van der Waals surface area (Å²) in [5.41, 5.74) is 13.4. The zero-order valence-electron chi connectivity index (χ0n) is 9.57. The molecule has 1 fully saturated rings. The molecule has 0 aromatic carbocycles. The molecular weight excluding hydrogens is 204 g/mol. The van der Waals surface area contributed by atoms with Crippen molar-refractivity contribution >= 4 is 5.95 Å². The number of nitrogen functional groups attached to an aromatic ring is 1. The Morgan fingerprint density at radius 3 is 2.69 bits per heavy atom. The van der Waals surface area contributed by atoms with E-state index in [2.05, 4.69) is 9.97 Å². The molecule has 1 aliphatic carbocycles. The van der Waals surface area contributed by atoms with Crippen molar-refractivity contribution in [2.45, 2.75) is 31.6 Å². The maximum Gasteiger partial charge on any atom is 0.223 e. The Kier molecular flexibility index (Phi) is 3.24. The monoisotopic (exact) mass is 222 g/mol. The minimum atomic E-state index is 0.301. The second-order valence-electron chi connectivity index (χ2n) is 4.12. The summed E-state index contributed by atoms with van der Waals surface area (Å²) in [5.74, 6) is 1.46. The molecule has 0 radical (unpaired) electrons. The average molecular weight is 222 g/mol. The van der Waals surface area contributed by atoms with E-state index in [0.717, 1.165) is 24.1 Å². The largest absolute Gasteiger partial charge is 0.481 e. The average Bonchev–Trinajstić information content (AvgIpc) is 3.10. The van der Waals surface area contributed by atoms with Gasteiger partial charge in [-0.25, -0.2) is 4.98 Å². The number of hydrogen-bond donors (Lipinski definition) is 2. The van der Waals surface area contributed by atoms with E-state index >= 15 is 0 Å². The predicted octanol–water partition coefficient (Wildman–Crippen LogP) is 0.836. The summed E-state index contributed by atoms with van der Waals surface area (Å²) in [7, 11) is 1.62. The zero-order chi connectivity index (χ0) is 11.5. The molecule has 16 heavy (non-hydrogen) atoms. The van der Waals surface area contributed by atoms with Gasteiger partial charge in [-0.3, -0.25) is 0 Å². The quantitative estimate of drug-likeness (QED) is 0.770. The van der Waals surface area contributed by atoms with Crippen LogP contribution in [0, 0.1) is 0 Å². The Labute approximate surface area is 95.2 Å². The summed E-state index contributed by atoms with van der Waals surface area (Å²) in [6.45, 7) is 0.664. The molecule has 4 N–H and O–H groups in total. The number of nitrogens with two attached hydrogens (primary N) is 2. The summed E-state index contributed by atoms with van der Waals surface area (Å²) in [6.07, 6.45) is 4.17. The molecule has 0 aliphatic heterocycles. The Hall–Kier alpha value is -1.36. The topological polar surface area (TPSA) is 87.0 Å². The van der Waals surface area contributed by atoms with Gasteiger partial charge in [0, 0.05) is 11.5 Å². The molecule has 0 spiro atoms. The van der Waals surface area contributed by atoms with Crippen LogP contribution in [0.5, 0.6) is 5.88 Å². The first-order valence-corrected chi connectivity index (χ1v) is 5.66. The van der Waals surface area contributed by atoms with Crippen molar-refractivity contribution in [3.8, 4) is 5.88 Å². The van der Waals surface area contributed by atoms with E-state index in [-0.39, 0.29) is 0 Å². The van der Waals surface area contributed by atoms with E-state index in [4.69, 9.17) is 16.2 Å². The van der Waals surface area contributed by atoms with Crippen LogP contribution >= 0.6 is 0 Å². The van der Waals surface area contributed by atoms with Gasteiger partial charge in [0.2, 0.25) is 11.8 Å².